The van der Waals surface area contributed by atoms with Crippen LogP contribution in [0.1, 0.15) is 12.0 Å². The van der Waals surface area contributed by atoms with Crippen molar-refractivity contribution in [2.45, 2.75) is 19.5 Å². The molecule has 0 amide bonds. The summed E-state index contributed by atoms with van der Waals surface area (Å²) < 4.78 is 4.44. The number of aromatic nitrogens is 2. The normalized spacial score (nSPS) is 9.94. The zero-order valence-electron chi connectivity index (χ0n) is 9.60. The molecule has 0 aliphatic rings. The Bertz CT molecular complexity index is 426. The summed E-state index contributed by atoms with van der Waals surface area (Å²) in [4.78, 5) is 0. The van der Waals surface area contributed by atoms with Gasteiger partial charge in [-0.1, -0.05) is 46.3 Å². The van der Waals surface area contributed by atoms with E-state index in [2.05, 4.69) is 74.1 Å². The van der Waals surface area contributed by atoms with Crippen LogP contribution >= 0.6 is 15.9 Å². The van der Waals surface area contributed by atoms with Gasteiger partial charge in [0.2, 0.25) is 6.33 Å². The summed E-state index contributed by atoms with van der Waals surface area (Å²) in [7, 11) is 0. The van der Waals surface area contributed by atoms with E-state index in [1.165, 1.54) is 12.0 Å². The Morgan fingerprint density at radius 3 is 2.65 bits per heavy atom. The molecule has 1 aromatic carbocycles. The molecule has 0 unspecified atom stereocenters. The summed E-state index contributed by atoms with van der Waals surface area (Å²) >= 11 is 3.45. The molecule has 2 aromatic rings. The van der Waals surface area contributed by atoms with Gasteiger partial charge in [-0.25, -0.2) is 9.13 Å². The zero-order valence-corrected chi connectivity index (χ0v) is 12.8. The number of halogens is 2. The molecule has 0 saturated heterocycles. The molecule has 92 valence electrons. The van der Waals surface area contributed by atoms with Crippen molar-refractivity contribution in [2.24, 2.45) is 0 Å². The zero-order chi connectivity index (χ0) is 11.2. The van der Waals surface area contributed by atoms with E-state index in [-0.39, 0.29) is 17.0 Å². The Morgan fingerprint density at radius 2 is 1.94 bits per heavy atom. The van der Waals surface area contributed by atoms with E-state index in [4.69, 9.17) is 0 Å². The van der Waals surface area contributed by atoms with E-state index in [1.54, 1.807) is 0 Å². The predicted molar refractivity (Wildman–Crippen MR) is 68.6 cm³/mol. The highest BCUT2D eigenvalue weighted by Crippen LogP contribution is 1.98. The average Bonchev–Trinajstić information content (AvgIpc) is 2.75. The molecule has 0 spiro atoms. The third-order valence-corrected chi connectivity index (χ3v) is 3.06. The molecule has 0 fully saturated rings. The molecule has 0 bridgehead atoms. The molecule has 0 atom stereocenters. The smallest absolute Gasteiger partial charge is 0.244 e. The van der Waals surface area contributed by atoms with Gasteiger partial charge in [0.15, 0.2) is 0 Å². The van der Waals surface area contributed by atoms with Crippen LogP contribution in [0.25, 0.3) is 0 Å². The molecule has 2 rings (SSSR count). The van der Waals surface area contributed by atoms with Gasteiger partial charge >= 0.3 is 0 Å². The predicted octanol–water partition coefficient (Wildman–Crippen LogP) is -0.387. The first kappa shape index (κ1) is 14.5. The lowest BCUT2D eigenvalue weighted by molar-refractivity contribution is -0.687. The van der Waals surface area contributed by atoms with Crippen LogP contribution in [0.5, 0.6) is 0 Å². The lowest BCUT2D eigenvalue weighted by Crippen LogP contribution is -3.00. The van der Waals surface area contributed by atoms with Crippen LogP contribution in [-0.2, 0) is 13.1 Å². The number of hydrogen-bond donors (Lipinski definition) is 0. The van der Waals surface area contributed by atoms with Crippen LogP contribution < -0.4 is 21.5 Å². The molecule has 2 nitrogen and oxygen atoms in total. The fraction of sp³-hybridized carbons (Fsp3) is 0.308. The van der Waals surface area contributed by atoms with Crippen molar-refractivity contribution in [3.63, 3.8) is 0 Å². The van der Waals surface area contributed by atoms with Gasteiger partial charge in [0.25, 0.3) is 0 Å². The lowest BCUT2D eigenvalue weighted by atomic mass is 10.2. The largest absolute Gasteiger partial charge is 1.00 e. The molecule has 0 radical (unpaired) electrons. The van der Waals surface area contributed by atoms with Crippen LogP contribution in [0.3, 0.4) is 0 Å². The van der Waals surface area contributed by atoms with E-state index in [1.807, 2.05) is 0 Å². The van der Waals surface area contributed by atoms with E-state index >= 15 is 0 Å². The molecule has 1 aromatic heterocycles. The minimum absolute atomic E-state index is 0. The first-order chi connectivity index (χ1) is 7.88. The molecule has 0 saturated carbocycles. The van der Waals surface area contributed by atoms with E-state index in [9.17, 15) is 0 Å². The van der Waals surface area contributed by atoms with Gasteiger partial charge in [0.1, 0.15) is 18.9 Å². The SMILES string of the molecule is BrCCCn1cc[n+](Cc2ccccc2)c1.[Br-]. The van der Waals surface area contributed by atoms with E-state index in [0.717, 1.165) is 18.4 Å². The Kier molecular flexibility index (Phi) is 6.52. The molecule has 0 aliphatic heterocycles. The van der Waals surface area contributed by atoms with Crippen molar-refractivity contribution < 1.29 is 21.5 Å². The Morgan fingerprint density at radius 1 is 1.18 bits per heavy atom. The van der Waals surface area contributed by atoms with Gasteiger partial charge in [0, 0.05) is 5.33 Å². The average molecular weight is 360 g/mol. The maximum Gasteiger partial charge on any atom is 0.244 e. The van der Waals surface area contributed by atoms with Crippen LogP contribution in [0.4, 0.5) is 0 Å². The van der Waals surface area contributed by atoms with Crippen LogP contribution in [0, 0.1) is 0 Å². The number of benzene rings is 1. The second-order valence-corrected chi connectivity index (χ2v) is 4.64. The highest BCUT2D eigenvalue weighted by Gasteiger charge is 2.03. The third kappa shape index (κ3) is 4.64. The molecule has 1 heterocycles. The number of alkyl halides is 1. The van der Waals surface area contributed by atoms with Crippen molar-refractivity contribution in [3.05, 3.63) is 54.6 Å². The number of imidazole rings is 1. The van der Waals surface area contributed by atoms with Gasteiger partial charge in [0.05, 0.1) is 6.54 Å². The highest BCUT2D eigenvalue weighted by atomic mass is 79.9. The second-order valence-electron chi connectivity index (χ2n) is 3.85. The second kappa shape index (κ2) is 7.67. The van der Waals surface area contributed by atoms with Gasteiger partial charge in [-0.05, 0) is 12.0 Å². The van der Waals surface area contributed by atoms with Gasteiger partial charge in [-0.2, -0.15) is 0 Å². The Hall–Kier alpha value is -0.610. The van der Waals surface area contributed by atoms with Crippen molar-refractivity contribution in [1.82, 2.24) is 4.57 Å². The van der Waals surface area contributed by atoms with E-state index in [0.29, 0.717) is 0 Å². The first-order valence-electron chi connectivity index (χ1n) is 5.53. The maximum absolute atomic E-state index is 3.45. The summed E-state index contributed by atoms with van der Waals surface area (Å²) in [6.07, 6.45) is 7.59. The van der Waals surface area contributed by atoms with Crippen LogP contribution in [0.2, 0.25) is 0 Å². The number of nitrogens with zero attached hydrogens (tertiary/aromatic N) is 2. The van der Waals surface area contributed by atoms with Gasteiger partial charge in [-0.3, -0.25) is 0 Å². The van der Waals surface area contributed by atoms with Crippen LogP contribution in [-0.4, -0.2) is 9.90 Å². The fourth-order valence-electron chi connectivity index (χ4n) is 1.70. The molecule has 17 heavy (non-hydrogen) atoms. The number of rotatable bonds is 5. The fourth-order valence-corrected chi connectivity index (χ4v) is 1.95. The quantitative estimate of drug-likeness (QED) is 0.508. The van der Waals surface area contributed by atoms with Crippen molar-refractivity contribution in [2.75, 3.05) is 5.33 Å². The summed E-state index contributed by atoms with van der Waals surface area (Å²) in [6.45, 7) is 2.02. The minimum atomic E-state index is 0. The van der Waals surface area contributed by atoms with Crippen molar-refractivity contribution in [3.8, 4) is 0 Å². The molecular formula is C13H16Br2N2. The summed E-state index contributed by atoms with van der Waals surface area (Å²) in [6, 6.07) is 10.5. The summed E-state index contributed by atoms with van der Waals surface area (Å²) in [5.41, 5.74) is 1.34. The molecule has 4 heteroatoms. The van der Waals surface area contributed by atoms with E-state index < -0.39 is 0 Å². The minimum Gasteiger partial charge on any atom is -1.00 e. The molecule has 0 aliphatic carbocycles. The topological polar surface area (TPSA) is 8.81 Å². The van der Waals surface area contributed by atoms with Gasteiger partial charge < -0.3 is 17.0 Å². The molecular weight excluding hydrogens is 344 g/mol. The maximum atomic E-state index is 3.45. The van der Waals surface area contributed by atoms with Crippen molar-refractivity contribution in [1.29, 1.82) is 0 Å². The van der Waals surface area contributed by atoms with Gasteiger partial charge in [-0.15, -0.1) is 0 Å². The monoisotopic (exact) mass is 358 g/mol. The Balaban J connectivity index is 0.00000144. The van der Waals surface area contributed by atoms with Crippen molar-refractivity contribution >= 4 is 15.9 Å². The third-order valence-electron chi connectivity index (χ3n) is 2.50. The number of hydrogen-bond acceptors (Lipinski definition) is 0. The summed E-state index contributed by atoms with van der Waals surface area (Å²) in [5, 5.41) is 1.06. The highest BCUT2D eigenvalue weighted by molar-refractivity contribution is 9.09. The Labute approximate surface area is 121 Å². The molecule has 0 N–H and O–H groups in total. The summed E-state index contributed by atoms with van der Waals surface area (Å²) in [5.74, 6) is 0. The first-order valence-corrected chi connectivity index (χ1v) is 6.65. The van der Waals surface area contributed by atoms with Crippen LogP contribution in [0.15, 0.2) is 49.1 Å². The standard InChI is InChI=1S/C13H16BrN2.BrH/c14-7-4-8-15-9-10-16(12-15)11-13-5-2-1-3-6-13;/h1-3,5-6,9-10,12H,4,7-8,11H2;1H/q+1;/p-1. The number of aryl methyl sites for hydroxylation is 1. The lowest BCUT2D eigenvalue weighted by Gasteiger charge is -1.96.